The van der Waals surface area contributed by atoms with Crippen molar-refractivity contribution >= 4 is 54.7 Å². The number of thiophene rings is 1. The van der Waals surface area contributed by atoms with Crippen LogP contribution in [0.4, 0.5) is 5.69 Å². The largest absolute Gasteiger partial charge is 0.479 e. The number of methoxy groups -OCH3 is 1. The highest BCUT2D eigenvalue weighted by Gasteiger charge is 2.34. The average Bonchev–Trinajstić information content (AvgIpc) is 3.30. The molecule has 1 aliphatic heterocycles. The van der Waals surface area contributed by atoms with Crippen LogP contribution in [0.25, 0.3) is 10.4 Å². The van der Waals surface area contributed by atoms with Crippen molar-refractivity contribution in [2.75, 3.05) is 32.1 Å². The SMILES string of the molecule is COC(=O)c1sc(-c2cccc(NC(C3CCNCC3)S(=O)(=O)Cc3ccccc3)c2)c(Br)c1OCC(=O)OC(C)(C)C. The molecule has 1 atom stereocenters. The molecule has 2 heterocycles. The smallest absolute Gasteiger partial charge is 0.351 e. The number of hydrogen-bond acceptors (Lipinski definition) is 10. The van der Waals surface area contributed by atoms with Gasteiger partial charge in [-0.15, -0.1) is 11.3 Å². The Bertz CT molecular complexity index is 1530. The Morgan fingerprint density at radius 3 is 2.44 bits per heavy atom. The third-order valence-corrected chi connectivity index (χ3v) is 11.0. The molecule has 43 heavy (non-hydrogen) atoms. The Hall–Kier alpha value is -2.93. The van der Waals surface area contributed by atoms with Crippen molar-refractivity contribution < 1.29 is 32.2 Å². The number of carbonyl (C=O) groups is 2. The maximum Gasteiger partial charge on any atom is 0.351 e. The van der Waals surface area contributed by atoms with Crippen molar-refractivity contribution in [3.8, 4) is 16.2 Å². The third-order valence-electron chi connectivity index (χ3n) is 6.78. The molecule has 0 saturated carbocycles. The van der Waals surface area contributed by atoms with E-state index in [1.54, 1.807) is 20.8 Å². The van der Waals surface area contributed by atoms with E-state index in [1.165, 1.54) is 7.11 Å². The first-order chi connectivity index (χ1) is 20.4. The molecule has 0 spiro atoms. The van der Waals surface area contributed by atoms with Gasteiger partial charge < -0.3 is 24.8 Å². The lowest BCUT2D eigenvalue weighted by atomic mass is 9.97. The second-order valence-electron chi connectivity index (χ2n) is 11.3. The van der Waals surface area contributed by atoms with Crippen LogP contribution >= 0.6 is 27.3 Å². The molecule has 1 unspecified atom stereocenters. The summed E-state index contributed by atoms with van der Waals surface area (Å²) in [6, 6.07) is 16.6. The molecule has 1 fully saturated rings. The van der Waals surface area contributed by atoms with Crippen LogP contribution < -0.4 is 15.4 Å². The molecule has 232 valence electrons. The summed E-state index contributed by atoms with van der Waals surface area (Å²) in [7, 11) is -2.30. The van der Waals surface area contributed by atoms with Crippen molar-refractivity contribution in [2.45, 2.75) is 50.3 Å². The van der Waals surface area contributed by atoms with E-state index >= 15 is 0 Å². The van der Waals surface area contributed by atoms with Crippen molar-refractivity contribution in [3.05, 3.63) is 69.5 Å². The van der Waals surface area contributed by atoms with Crippen LogP contribution in [0.1, 0.15) is 48.8 Å². The quantitative estimate of drug-likeness (QED) is 0.232. The van der Waals surface area contributed by atoms with E-state index in [-0.39, 0.29) is 22.3 Å². The molecular weight excluding hydrogens is 656 g/mol. The molecule has 12 heteroatoms. The van der Waals surface area contributed by atoms with Crippen LogP contribution in [0.3, 0.4) is 0 Å². The lowest BCUT2D eigenvalue weighted by molar-refractivity contribution is -0.157. The maximum absolute atomic E-state index is 13.8. The molecular formula is C31H37BrN2O7S2. The van der Waals surface area contributed by atoms with E-state index in [9.17, 15) is 18.0 Å². The topological polar surface area (TPSA) is 120 Å². The number of carbonyl (C=O) groups excluding carboxylic acids is 2. The number of nitrogens with one attached hydrogen (secondary N) is 2. The minimum atomic E-state index is -3.58. The summed E-state index contributed by atoms with van der Waals surface area (Å²) in [5.41, 5.74) is 1.42. The average molecular weight is 694 g/mol. The van der Waals surface area contributed by atoms with Crippen molar-refractivity contribution in [1.29, 1.82) is 0 Å². The van der Waals surface area contributed by atoms with Gasteiger partial charge in [0.2, 0.25) is 0 Å². The zero-order chi connectivity index (χ0) is 31.2. The maximum atomic E-state index is 13.8. The highest BCUT2D eigenvalue weighted by molar-refractivity contribution is 9.10. The van der Waals surface area contributed by atoms with E-state index < -0.39 is 39.4 Å². The number of esters is 2. The van der Waals surface area contributed by atoms with Crippen LogP contribution in [0.5, 0.6) is 5.75 Å². The van der Waals surface area contributed by atoms with Crippen LogP contribution in [0.15, 0.2) is 59.1 Å². The lowest BCUT2D eigenvalue weighted by Crippen LogP contribution is -2.43. The number of rotatable bonds is 11. The van der Waals surface area contributed by atoms with Gasteiger partial charge in [0.05, 0.1) is 22.2 Å². The van der Waals surface area contributed by atoms with Gasteiger partial charge in [0, 0.05) is 5.69 Å². The molecule has 3 aromatic rings. The van der Waals surface area contributed by atoms with Gasteiger partial charge in [-0.05, 0) is 91.8 Å². The minimum absolute atomic E-state index is 0.0631. The summed E-state index contributed by atoms with van der Waals surface area (Å²) in [5, 5.41) is 5.88. The summed E-state index contributed by atoms with van der Waals surface area (Å²) >= 11 is 4.70. The fraction of sp³-hybridized carbons (Fsp3) is 0.419. The summed E-state index contributed by atoms with van der Waals surface area (Å²) < 4.78 is 44.1. The monoisotopic (exact) mass is 692 g/mol. The first-order valence-electron chi connectivity index (χ1n) is 14.0. The van der Waals surface area contributed by atoms with Gasteiger partial charge in [0.1, 0.15) is 11.0 Å². The van der Waals surface area contributed by atoms with Crippen LogP contribution in [-0.4, -0.2) is 58.1 Å². The number of ether oxygens (including phenoxy) is 3. The molecule has 0 amide bonds. The lowest BCUT2D eigenvalue weighted by Gasteiger charge is -2.32. The van der Waals surface area contributed by atoms with E-state index in [2.05, 4.69) is 26.6 Å². The predicted octanol–water partition coefficient (Wildman–Crippen LogP) is 6.04. The van der Waals surface area contributed by atoms with E-state index in [1.807, 2.05) is 54.6 Å². The van der Waals surface area contributed by atoms with Crippen LogP contribution in [0.2, 0.25) is 0 Å². The fourth-order valence-electron chi connectivity index (χ4n) is 4.90. The second-order valence-corrected chi connectivity index (χ2v) is 15.2. The van der Waals surface area contributed by atoms with Gasteiger partial charge >= 0.3 is 11.9 Å². The number of hydrogen-bond donors (Lipinski definition) is 2. The highest BCUT2D eigenvalue weighted by atomic mass is 79.9. The van der Waals surface area contributed by atoms with E-state index in [0.29, 0.717) is 15.0 Å². The Labute approximate surface area is 265 Å². The Balaban J connectivity index is 1.64. The molecule has 4 rings (SSSR count). The van der Waals surface area contributed by atoms with Crippen LogP contribution in [0, 0.1) is 5.92 Å². The van der Waals surface area contributed by atoms with Gasteiger partial charge in [-0.25, -0.2) is 18.0 Å². The molecule has 2 N–H and O–H groups in total. The number of anilines is 1. The van der Waals surface area contributed by atoms with Gasteiger partial charge in [0.15, 0.2) is 27.1 Å². The Morgan fingerprint density at radius 1 is 1.09 bits per heavy atom. The molecule has 1 saturated heterocycles. The Morgan fingerprint density at radius 2 is 1.79 bits per heavy atom. The first-order valence-corrected chi connectivity index (χ1v) is 17.3. The molecule has 1 aliphatic rings. The molecule has 2 aromatic carbocycles. The molecule has 0 bridgehead atoms. The highest BCUT2D eigenvalue weighted by Crippen LogP contribution is 2.46. The Kier molecular flexibility index (Phi) is 10.9. The van der Waals surface area contributed by atoms with Gasteiger partial charge in [-0.3, -0.25) is 0 Å². The molecule has 1 aromatic heterocycles. The zero-order valence-corrected chi connectivity index (χ0v) is 27.9. The summed E-state index contributed by atoms with van der Waals surface area (Å²) in [6.07, 6.45) is 1.48. The third kappa shape index (κ3) is 8.81. The van der Waals surface area contributed by atoms with E-state index in [0.717, 1.165) is 48.4 Å². The number of sulfone groups is 1. The zero-order valence-electron chi connectivity index (χ0n) is 24.6. The predicted molar refractivity (Wildman–Crippen MR) is 172 cm³/mol. The molecule has 9 nitrogen and oxygen atoms in total. The number of piperidine rings is 1. The van der Waals surface area contributed by atoms with Crippen molar-refractivity contribution in [2.24, 2.45) is 5.92 Å². The van der Waals surface area contributed by atoms with Gasteiger partial charge in [0.25, 0.3) is 0 Å². The van der Waals surface area contributed by atoms with Crippen molar-refractivity contribution in [3.63, 3.8) is 0 Å². The summed E-state index contributed by atoms with van der Waals surface area (Å²) in [4.78, 5) is 25.8. The van der Waals surface area contributed by atoms with Crippen LogP contribution in [-0.2, 0) is 29.9 Å². The van der Waals surface area contributed by atoms with Gasteiger partial charge in [-0.2, -0.15) is 0 Å². The van der Waals surface area contributed by atoms with E-state index in [4.69, 9.17) is 14.2 Å². The van der Waals surface area contributed by atoms with Crippen molar-refractivity contribution in [1.82, 2.24) is 5.32 Å². The summed E-state index contributed by atoms with van der Waals surface area (Å²) in [6.45, 7) is 6.39. The molecule has 0 aliphatic carbocycles. The number of benzene rings is 2. The standard InChI is InChI=1S/C31H37BrN2O7S2/c1-31(2,3)41-24(35)18-40-26-25(32)27(42-28(26)30(36)39-4)22-11-8-12-23(17-22)34-29(21-13-15-33-16-14-21)43(37,38)19-20-9-6-5-7-10-20/h5-12,17,21,29,33-34H,13-16,18-19H2,1-4H3. The number of halogens is 1. The summed E-state index contributed by atoms with van der Waals surface area (Å²) in [5.74, 6) is -1.13. The fourth-order valence-corrected chi connectivity index (χ4v) is 8.88. The first kappa shape index (κ1) is 33.0. The van der Waals surface area contributed by atoms with Gasteiger partial charge in [-0.1, -0.05) is 42.5 Å². The normalized spacial score (nSPS) is 15.0. The molecule has 0 radical (unpaired) electrons. The minimum Gasteiger partial charge on any atom is -0.479 e. The second kappa shape index (κ2) is 14.2.